The second-order valence-corrected chi connectivity index (χ2v) is 4.95. The van der Waals surface area contributed by atoms with E-state index in [1.165, 1.54) is 22.9 Å². The van der Waals surface area contributed by atoms with Gasteiger partial charge in [-0.15, -0.1) is 0 Å². The van der Waals surface area contributed by atoms with Gasteiger partial charge in [-0.25, -0.2) is 4.98 Å². The lowest BCUT2D eigenvalue weighted by Crippen LogP contribution is -2.21. The Balaban J connectivity index is 2.38. The van der Waals surface area contributed by atoms with E-state index in [0.717, 1.165) is 6.42 Å². The average molecular weight is 314 g/mol. The summed E-state index contributed by atoms with van der Waals surface area (Å²) < 4.78 is 6.97. The number of hydrogen-bond acceptors (Lipinski definition) is 4. The van der Waals surface area contributed by atoms with E-state index in [4.69, 9.17) is 33.7 Å². The minimum Gasteiger partial charge on any atom is -0.432 e. The molecular formula is C13H13Cl2N3O2. The largest absolute Gasteiger partial charge is 0.432 e. The van der Waals surface area contributed by atoms with Gasteiger partial charge in [-0.2, -0.15) is 0 Å². The van der Waals surface area contributed by atoms with Crippen molar-refractivity contribution in [2.75, 3.05) is 5.73 Å². The SMILES string of the molecule is CCCn1ccnc(Oc2cc(Cl)c(Cl)cc2N)c1=O. The molecule has 0 radical (unpaired) electrons. The molecule has 2 N–H and O–H groups in total. The highest BCUT2D eigenvalue weighted by molar-refractivity contribution is 6.42. The van der Waals surface area contributed by atoms with E-state index in [9.17, 15) is 4.79 Å². The van der Waals surface area contributed by atoms with Crippen LogP contribution < -0.4 is 16.0 Å². The highest BCUT2D eigenvalue weighted by Gasteiger charge is 2.11. The monoisotopic (exact) mass is 313 g/mol. The fourth-order valence-corrected chi connectivity index (χ4v) is 1.98. The maximum Gasteiger partial charge on any atom is 0.313 e. The number of rotatable bonds is 4. The molecule has 0 saturated carbocycles. The zero-order valence-electron chi connectivity index (χ0n) is 10.8. The van der Waals surface area contributed by atoms with Crippen LogP contribution >= 0.6 is 23.2 Å². The Hall–Kier alpha value is -1.72. The maximum absolute atomic E-state index is 12.1. The molecule has 106 valence electrons. The number of aryl methyl sites for hydroxylation is 1. The second kappa shape index (κ2) is 6.15. The number of nitrogens with two attached hydrogens (primary N) is 1. The molecule has 0 atom stereocenters. The number of ether oxygens (including phenoxy) is 1. The van der Waals surface area contributed by atoms with Crippen LogP contribution in [0.15, 0.2) is 29.3 Å². The van der Waals surface area contributed by atoms with Crippen molar-refractivity contribution >= 4 is 28.9 Å². The van der Waals surface area contributed by atoms with Gasteiger partial charge in [0.1, 0.15) is 0 Å². The Labute approximate surface area is 125 Å². The van der Waals surface area contributed by atoms with Crippen LogP contribution in [0.25, 0.3) is 0 Å². The fraction of sp³-hybridized carbons (Fsp3) is 0.231. The minimum atomic E-state index is -0.320. The molecule has 1 aromatic carbocycles. The summed E-state index contributed by atoms with van der Waals surface area (Å²) in [6.45, 7) is 2.57. The Kier molecular flexibility index (Phi) is 4.52. The molecule has 0 aliphatic carbocycles. The summed E-state index contributed by atoms with van der Waals surface area (Å²) in [5, 5.41) is 0.613. The molecule has 0 aliphatic heterocycles. The summed E-state index contributed by atoms with van der Waals surface area (Å²) in [6, 6.07) is 2.92. The average Bonchev–Trinajstić information content (AvgIpc) is 2.40. The first-order valence-electron chi connectivity index (χ1n) is 6.00. The van der Waals surface area contributed by atoms with E-state index in [1.807, 2.05) is 6.92 Å². The maximum atomic E-state index is 12.1. The topological polar surface area (TPSA) is 70.1 Å². The van der Waals surface area contributed by atoms with Crippen molar-refractivity contribution in [1.82, 2.24) is 9.55 Å². The van der Waals surface area contributed by atoms with E-state index in [1.54, 1.807) is 6.20 Å². The molecule has 2 rings (SSSR count). The lowest BCUT2D eigenvalue weighted by molar-refractivity contribution is 0.445. The molecule has 5 nitrogen and oxygen atoms in total. The summed E-state index contributed by atoms with van der Waals surface area (Å²) >= 11 is 11.7. The van der Waals surface area contributed by atoms with E-state index in [0.29, 0.717) is 16.6 Å². The summed E-state index contributed by atoms with van der Waals surface area (Å²) in [7, 11) is 0. The van der Waals surface area contributed by atoms with Gasteiger partial charge in [0.15, 0.2) is 5.75 Å². The number of hydrogen-bond donors (Lipinski definition) is 1. The highest BCUT2D eigenvalue weighted by atomic mass is 35.5. The van der Waals surface area contributed by atoms with Gasteiger partial charge < -0.3 is 15.0 Å². The summed E-state index contributed by atoms with van der Waals surface area (Å²) in [5.74, 6) is 0.198. The first-order valence-corrected chi connectivity index (χ1v) is 6.76. The summed E-state index contributed by atoms with van der Waals surface area (Å²) in [5.41, 5.74) is 5.74. The third-order valence-electron chi connectivity index (χ3n) is 2.61. The third kappa shape index (κ3) is 3.05. The zero-order chi connectivity index (χ0) is 14.7. The van der Waals surface area contributed by atoms with Gasteiger partial charge in [0.05, 0.1) is 15.7 Å². The van der Waals surface area contributed by atoms with Crippen molar-refractivity contribution in [1.29, 1.82) is 0 Å². The fourth-order valence-electron chi connectivity index (χ4n) is 1.65. The van der Waals surface area contributed by atoms with E-state index < -0.39 is 0 Å². The van der Waals surface area contributed by atoms with Crippen LogP contribution in [0.1, 0.15) is 13.3 Å². The Bertz CT molecular complexity index is 686. The molecule has 1 aromatic heterocycles. The minimum absolute atomic E-state index is 0.0500. The molecule has 0 aliphatic rings. The van der Waals surface area contributed by atoms with Crippen molar-refractivity contribution in [2.24, 2.45) is 0 Å². The van der Waals surface area contributed by atoms with Crippen LogP contribution in [-0.4, -0.2) is 9.55 Å². The summed E-state index contributed by atoms with van der Waals surface area (Å²) in [6.07, 6.45) is 3.94. The Morgan fingerprint density at radius 1 is 1.35 bits per heavy atom. The van der Waals surface area contributed by atoms with E-state index >= 15 is 0 Å². The van der Waals surface area contributed by atoms with Crippen molar-refractivity contribution < 1.29 is 4.74 Å². The van der Waals surface area contributed by atoms with Crippen LogP contribution in [0, 0.1) is 0 Å². The van der Waals surface area contributed by atoms with Gasteiger partial charge in [-0.1, -0.05) is 30.1 Å². The molecule has 7 heteroatoms. The number of halogens is 2. The first kappa shape index (κ1) is 14.7. The standard InChI is InChI=1S/C13H13Cl2N3O2/c1-2-4-18-5-3-17-12(13(18)19)20-11-7-9(15)8(14)6-10(11)16/h3,5-7H,2,4,16H2,1H3. The van der Waals surface area contributed by atoms with Crippen LogP contribution in [-0.2, 0) is 6.54 Å². The normalized spacial score (nSPS) is 10.6. The molecule has 2 aromatic rings. The molecule has 0 unspecified atom stereocenters. The van der Waals surface area contributed by atoms with Gasteiger partial charge in [-0.05, 0) is 12.5 Å². The molecule has 0 bridgehead atoms. The first-order chi connectivity index (χ1) is 9.52. The van der Waals surface area contributed by atoms with E-state index in [2.05, 4.69) is 4.98 Å². The van der Waals surface area contributed by atoms with Crippen LogP contribution in [0.4, 0.5) is 5.69 Å². The highest BCUT2D eigenvalue weighted by Crippen LogP contribution is 2.33. The molecular weight excluding hydrogens is 301 g/mol. The van der Waals surface area contributed by atoms with Crippen LogP contribution in [0.5, 0.6) is 11.6 Å². The Morgan fingerprint density at radius 3 is 2.75 bits per heavy atom. The van der Waals surface area contributed by atoms with Crippen LogP contribution in [0.3, 0.4) is 0 Å². The summed E-state index contributed by atoms with van der Waals surface area (Å²) in [4.78, 5) is 16.0. The predicted molar refractivity (Wildman–Crippen MR) is 79.7 cm³/mol. The van der Waals surface area contributed by atoms with Gasteiger partial charge in [0.2, 0.25) is 0 Å². The number of nitrogens with zero attached hydrogens (tertiary/aromatic N) is 2. The van der Waals surface area contributed by atoms with Crippen molar-refractivity contribution in [3.63, 3.8) is 0 Å². The van der Waals surface area contributed by atoms with Gasteiger partial charge in [0, 0.05) is 25.0 Å². The quantitative estimate of drug-likeness (QED) is 0.879. The molecule has 20 heavy (non-hydrogen) atoms. The lowest BCUT2D eigenvalue weighted by Gasteiger charge is -2.10. The third-order valence-corrected chi connectivity index (χ3v) is 3.33. The van der Waals surface area contributed by atoms with Crippen molar-refractivity contribution in [2.45, 2.75) is 19.9 Å². The smallest absolute Gasteiger partial charge is 0.313 e. The molecule has 0 amide bonds. The lowest BCUT2D eigenvalue weighted by atomic mass is 10.3. The second-order valence-electron chi connectivity index (χ2n) is 4.14. The van der Waals surface area contributed by atoms with Gasteiger partial charge in [0.25, 0.3) is 5.88 Å². The van der Waals surface area contributed by atoms with Crippen molar-refractivity contribution in [3.05, 3.63) is 44.9 Å². The molecule has 1 heterocycles. The van der Waals surface area contributed by atoms with Gasteiger partial charge >= 0.3 is 5.56 Å². The number of nitrogen functional groups attached to an aromatic ring is 1. The van der Waals surface area contributed by atoms with E-state index in [-0.39, 0.29) is 22.9 Å². The Morgan fingerprint density at radius 2 is 2.05 bits per heavy atom. The molecule has 0 saturated heterocycles. The van der Waals surface area contributed by atoms with Crippen LogP contribution in [0.2, 0.25) is 10.0 Å². The van der Waals surface area contributed by atoms with Gasteiger partial charge in [-0.3, -0.25) is 4.79 Å². The van der Waals surface area contributed by atoms with Crippen molar-refractivity contribution in [3.8, 4) is 11.6 Å². The molecule has 0 fully saturated rings. The number of benzene rings is 1. The zero-order valence-corrected chi connectivity index (χ0v) is 12.3. The predicted octanol–water partition coefficient (Wildman–Crippen LogP) is 3.33. The number of anilines is 1. The molecule has 0 spiro atoms. The number of aromatic nitrogens is 2.